The summed E-state index contributed by atoms with van der Waals surface area (Å²) in [6.45, 7) is 7.13. The van der Waals surface area contributed by atoms with Crippen molar-refractivity contribution in [1.82, 2.24) is 14.5 Å². The fourth-order valence-corrected chi connectivity index (χ4v) is 2.63. The lowest BCUT2D eigenvalue weighted by Crippen LogP contribution is -2.40. The molecule has 2 amide bonds. The summed E-state index contributed by atoms with van der Waals surface area (Å²) in [4.78, 5) is 28.6. The predicted molar refractivity (Wildman–Crippen MR) is 81.0 cm³/mol. The minimum atomic E-state index is -4.62. The number of hydrogen-bond acceptors (Lipinski definition) is 3. The van der Waals surface area contributed by atoms with Gasteiger partial charge in [-0.2, -0.15) is 13.2 Å². The van der Waals surface area contributed by atoms with Gasteiger partial charge in [0.05, 0.1) is 12.2 Å². The Morgan fingerprint density at radius 2 is 1.83 bits per heavy atom. The summed E-state index contributed by atoms with van der Waals surface area (Å²) < 4.78 is 40.4. The van der Waals surface area contributed by atoms with E-state index in [1.807, 2.05) is 20.8 Å². The highest BCUT2D eigenvalue weighted by molar-refractivity contribution is 5.88. The highest BCUT2D eigenvalue weighted by atomic mass is 19.4. The zero-order valence-corrected chi connectivity index (χ0v) is 14.1. The molecule has 1 aromatic heterocycles. The molecule has 1 aliphatic rings. The van der Waals surface area contributed by atoms with Gasteiger partial charge < -0.3 is 14.8 Å². The first kappa shape index (κ1) is 18.3. The third-order valence-electron chi connectivity index (χ3n) is 3.59. The van der Waals surface area contributed by atoms with Crippen LogP contribution in [0.1, 0.15) is 45.6 Å². The van der Waals surface area contributed by atoms with E-state index < -0.39 is 17.9 Å². The standard InChI is InChI=1S/C15H21F3N4O2/c1-9(23)19-12-10-8-21(11(24)7-14(2,3)4)5-6-22(10)13(20-12)15(16,17)18/h5-8H2,1-4H3,(H,19,23). The number of carbonyl (C=O) groups excluding carboxylic acids is 2. The zero-order valence-electron chi connectivity index (χ0n) is 14.1. The highest BCUT2D eigenvalue weighted by Crippen LogP contribution is 2.34. The Labute approximate surface area is 138 Å². The third kappa shape index (κ3) is 4.07. The van der Waals surface area contributed by atoms with E-state index in [-0.39, 0.29) is 42.5 Å². The lowest BCUT2D eigenvalue weighted by Gasteiger charge is -2.31. The molecule has 0 fully saturated rings. The van der Waals surface area contributed by atoms with E-state index in [1.54, 1.807) is 0 Å². The Bertz CT molecular complexity index is 659. The van der Waals surface area contributed by atoms with Crippen LogP contribution in [0.4, 0.5) is 19.0 Å². The zero-order chi connectivity index (χ0) is 18.3. The van der Waals surface area contributed by atoms with Crippen molar-refractivity contribution in [3.8, 4) is 0 Å². The predicted octanol–water partition coefficient (Wildman–Crippen LogP) is 2.64. The number of nitrogens with one attached hydrogen (secondary N) is 1. The summed E-state index contributed by atoms with van der Waals surface area (Å²) >= 11 is 0. The Hall–Kier alpha value is -2.06. The number of anilines is 1. The van der Waals surface area contributed by atoms with Gasteiger partial charge in [-0.3, -0.25) is 9.59 Å². The van der Waals surface area contributed by atoms with E-state index in [2.05, 4.69) is 10.3 Å². The van der Waals surface area contributed by atoms with Crippen molar-refractivity contribution >= 4 is 17.6 Å². The van der Waals surface area contributed by atoms with Crippen LogP contribution in [0.15, 0.2) is 0 Å². The number of halogens is 3. The van der Waals surface area contributed by atoms with Gasteiger partial charge in [-0.1, -0.05) is 20.8 Å². The lowest BCUT2D eigenvalue weighted by atomic mass is 9.91. The summed E-state index contributed by atoms with van der Waals surface area (Å²) in [7, 11) is 0. The number of rotatable bonds is 2. The molecule has 0 saturated heterocycles. The second kappa shape index (κ2) is 6.10. The lowest BCUT2D eigenvalue weighted by molar-refractivity contribution is -0.148. The molecule has 24 heavy (non-hydrogen) atoms. The highest BCUT2D eigenvalue weighted by Gasteiger charge is 2.41. The van der Waals surface area contributed by atoms with Crippen LogP contribution in [0.2, 0.25) is 0 Å². The summed E-state index contributed by atoms with van der Waals surface area (Å²) in [5.41, 5.74) is -0.0159. The van der Waals surface area contributed by atoms with Crippen LogP contribution in [-0.2, 0) is 28.9 Å². The minimum Gasteiger partial charge on any atom is -0.335 e. The molecule has 0 saturated carbocycles. The number of nitrogens with zero attached hydrogens (tertiary/aromatic N) is 3. The SMILES string of the molecule is CC(=O)Nc1nc(C(F)(F)F)n2c1CN(C(=O)CC(C)(C)C)CC2. The van der Waals surface area contributed by atoms with Crippen molar-refractivity contribution in [3.63, 3.8) is 0 Å². The number of carbonyl (C=O) groups is 2. The van der Waals surface area contributed by atoms with Crippen molar-refractivity contribution in [2.75, 3.05) is 11.9 Å². The molecule has 2 heterocycles. The second-order valence-corrected chi connectivity index (χ2v) is 7.11. The molecule has 1 aliphatic heterocycles. The molecule has 0 radical (unpaired) electrons. The monoisotopic (exact) mass is 346 g/mol. The summed E-state index contributed by atoms with van der Waals surface area (Å²) in [5.74, 6) is -1.83. The molecule has 0 aromatic carbocycles. The second-order valence-electron chi connectivity index (χ2n) is 7.11. The van der Waals surface area contributed by atoms with E-state index in [0.717, 1.165) is 4.57 Å². The van der Waals surface area contributed by atoms with Crippen LogP contribution >= 0.6 is 0 Å². The Morgan fingerprint density at radius 3 is 2.33 bits per heavy atom. The Balaban J connectivity index is 2.33. The Kier molecular flexibility index (Phi) is 4.65. The van der Waals surface area contributed by atoms with E-state index in [9.17, 15) is 22.8 Å². The molecule has 9 heteroatoms. The van der Waals surface area contributed by atoms with E-state index in [1.165, 1.54) is 11.8 Å². The molecule has 6 nitrogen and oxygen atoms in total. The maximum absolute atomic E-state index is 13.1. The molecule has 2 rings (SSSR count). The maximum atomic E-state index is 13.1. The van der Waals surface area contributed by atoms with Crippen LogP contribution in [0.5, 0.6) is 0 Å². The van der Waals surface area contributed by atoms with Gasteiger partial charge in [-0.05, 0) is 5.41 Å². The average Bonchev–Trinajstić information content (AvgIpc) is 2.74. The third-order valence-corrected chi connectivity index (χ3v) is 3.59. The van der Waals surface area contributed by atoms with E-state index in [0.29, 0.717) is 6.42 Å². The van der Waals surface area contributed by atoms with Crippen LogP contribution in [0.3, 0.4) is 0 Å². The van der Waals surface area contributed by atoms with Gasteiger partial charge in [0.25, 0.3) is 0 Å². The molecule has 0 unspecified atom stereocenters. The van der Waals surface area contributed by atoms with Crippen LogP contribution in [0, 0.1) is 5.41 Å². The fourth-order valence-electron chi connectivity index (χ4n) is 2.63. The first-order chi connectivity index (χ1) is 10.9. The smallest absolute Gasteiger partial charge is 0.335 e. The Morgan fingerprint density at radius 1 is 1.21 bits per heavy atom. The van der Waals surface area contributed by atoms with Crippen LogP contribution in [0.25, 0.3) is 0 Å². The molecule has 1 N–H and O–H groups in total. The number of imidazole rings is 1. The van der Waals surface area contributed by atoms with Gasteiger partial charge in [0.2, 0.25) is 17.6 Å². The number of aromatic nitrogens is 2. The summed E-state index contributed by atoms with van der Waals surface area (Å²) in [6, 6.07) is 0. The van der Waals surface area contributed by atoms with Crippen LogP contribution in [-0.4, -0.2) is 32.8 Å². The van der Waals surface area contributed by atoms with Crippen molar-refractivity contribution in [1.29, 1.82) is 0 Å². The summed E-state index contributed by atoms with van der Waals surface area (Å²) in [5, 5.41) is 2.32. The maximum Gasteiger partial charge on any atom is 0.449 e. The first-order valence-corrected chi connectivity index (χ1v) is 7.60. The van der Waals surface area contributed by atoms with Gasteiger partial charge in [-0.15, -0.1) is 0 Å². The topological polar surface area (TPSA) is 67.2 Å². The average molecular weight is 346 g/mol. The minimum absolute atomic E-state index is 0.00634. The molecule has 0 aliphatic carbocycles. The van der Waals surface area contributed by atoms with Gasteiger partial charge in [0, 0.05) is 26.4 Å². The molecule has 0 atom stereocenters. The molecule has 1 aromatic rings. The summed E-state index contributed by atoms with van der Waals surface area (Å²) in [6.07, 6.45) is -4.33. The van der Waals surface area contributed by atoms with E-state index in [4.69, 9.17) is 0 Å². The van der Waals surface area contributed by atoms with Crippen molar-refractivity contribution in [2.24, 2.45) is 5.41 Å². The van der Waals surface area contributed by atoms with E-state index >= 15 is 0 Å². The number of hydrogen-bond donors (Lipinski definition) is 1. The largest absolute Gasteiger partial charge is 0.449 e. The van der Waals surface area contributed by atoms with Crippen molar-refractivity contribution in [2.45, 2.75) is 53.4 Å². The van der Waals surface area contributed by atoms with Crippen molar-refractivity contribution < 1.29 is 22.8 Å². The molecular formula is C15H21F3N4O2. The van der Waals surface area contributed by atoms with Gasteiger partial charge in [-0.25, -0.2) is 4.98 Å². The quantitative estimate of drug-likeness (QED) is 0.895. The van der Waals surface area contributed by atoms with Gasteiger partial charge in [0.15, 0.2) is 5.82 Å². The molecule has 134 valence electrons. The molecular weight excluding hydrogens is 325 g/mol. The fraction of sp³-hybridized carbons (Fsp3) is 0.667. The van der Waals surface area contributed by atoms with Gasteiger partial charge in [0.1, 0.15) is 0 Å². The van der Waals surface area contributed by atoms with Gasteiger partial charge >= 0.3 is 6.18 Å². The number of fused-ring (bicyclic) bond motifs is 1. The number of amides is 2. The normalized spacial score (nSPS) is 15.2. The number of alkyl halides is 3. The molecule has 0 bridgehead atoms. The van der Waals surface area contributed by atoms with Crippen LogP contribution < -0.4 is 5.32 Å². The van der Waals surface area contributed by atoms with Crippen molar-refractivity contribution in [3.05, 3.63) is 11.5 Å². The first-order valence-electron chi connectivity index (χ1n) is 7.60. The molecule has 0 spiro atoms.